The van der Waals surface area contributed by atoms with E-state index in [1.54, 1.807) is 38.1 Å². The van der Waals surface area contributed by atoms with Gasteiger partial charge in [0.1, 0.15) is 22.7 Å². The third kappa shape index (κ3) is 5.48. The molecule has 0 amide bonds. The maximum absolute atomic E-state index is 12.1. The molecule has 2 aromatic carbocycles. The van der Waals surface area contributed by atoms with E-state index in [4.69, 9.17) is 17.2 Å². The molecule has 42 heavy (non-hydrogen) atoms. The van der Waals surface area contributed by atoms with Crippen molar-refractivity contribution in [1.29, 1.82) is 0 Å². The number of aromatic nitrogens is 8. The summed E-state index contributed by atoms with van der Waals surface area (Å²) >= 11 is 0. The molecule has 6 rings (SSSR count). The monoisotopic (exact) mass is 570 g/mol. The third-order valence-corrected chi connectivity index (χ3v) is 6.33. The van der Waals surface area contributed by atoms with Crippen LogP contribution >= 0.6 is 0 Å². The van der Waals surface area contributed by atoms with E-state index in [1.165, 1.54) is 21.3 Å². The van der Waals surface area contributed by atoms with Crippen LogP contribution in [-0.4, -0.2) is 44.0 Å². The van der Waals surface area contributed by atoms with Crippen LogP contribution in [0.4, 0.5) is 23.0 Å². The number of non-ortho nitro benzene ring substituents is 1. The Balaban J connectivity index is 0.000000169. The second kappa shape index (κ2) is 10.8. The molecule has 0 spiro atoms. The zero-order valence-electron chi connectivity index (χ0n) is 22.5. The summed E-state index contributed by atoms with van der Waals surface area (Å²) in [5, 5.41) is 10.6. The maximum Gasteiger partial charge on any atom is 0.328 e. The summed E-state index contributed by atoms with van der Waals surface area (Å²) in [6.45, 7) is 4.05. The fraction of sp³-hybridized carbons (Fsp3) is 0.154. The number of aryl methyl sites for hydroxylation is 2. The lowest BCUT2D eigenvalue weighted by molar-refractivity contribution is -0.384. The van der Waals surface area contributed by atoms with Gasteiger partial charge in [0, 0.05) is 17.8 Å². The zero-order chi connectivity index (χ0) is 30.1. The molecule has 0 radical (unpaired) electrons. The standard InChI is InChI=1S/C13H12N6O3.C13H14N6O/c1-7-15-11(14)10-12(16-7)18(13(20)17-10)6-8-2-4-9(5-3-8)19(21)22;1-7-16-11(15)10-12(17-7)19(13(20)18-10)6-8-2-4-9(14)5-3-8/h2-5H,6H2,1H3,(H,17,20)(H2,14,15,16);2-5H,6,14H2,1H3,(H,18,20)(H2,15,16,17). The quantitative estimate of drug-likeness (QED) is 0.113. The predicted octanol–water partition coefficient (Wildman–Crippen LogP) is 1.61. The van der Waals surface area contributed by atoms with Gasteiger partial charge in [0.25, 0.3) is 5.69 Å². The summed E-state index contributed by atoms with van der Waals surface area (Å²) in [4.78, 5) is 56.1. The van der Waals surface area contributed by atoms with E-state index >= 15 is 0 Å². The number of rotatable bonds is 5. The number of fused-ring (bicyclic) bond motifs is 2. The van der Waals surface area contributed by atoms with Gasteiger partial charge in [-0.25, -0.2) is 29.5 Å². The SMILES string of the molecule is Cc1nc(N)c2[nH]c(=O)n(Cc3ccc(N)cc3)c2n1.Cc1nc(N)c2[nH]c(=O)n(Cc3ccc([N+](=O)[O-])cc3)c2n1. The minimum absolute atomic E-state index is 0.00237. The number of hydrogen-bond acceptors (Lipinski definition) is 11. The summed E-state index contributed by atoms with van der Waals surface area (Å²) in [5.74, 6) is 1.48. The molecule has 0 fully saturated rings. The smallest absolute Gasteiger partial charge is 0.328 e. The van der Waals surface area contributed by atoms with E-state index < -0.39 is 4.92 Å². The molecule has 0 atom stereocenters. The van der Waals surface area contributed by atoms with Crippen molar-refractivity contribution in [3.63, 3.8) is 0 Å². The van der Waals surface area contributed by atoms with Crippen molar-refractivity contribution in [2.45, 2.75) is 26.9 Å². The number of imidazole rings is 2. The Labute approximate surface area is 236 Å². The van der Waals surface area contributed by atoms with Crippen LogP contribution in [0.1, 0.15) is 22.8 Å². The van der Waals surface area contributed by atoms with Crippen LogP contribution in [-0.2, 0) is 13.1 Å². The van der Waals surface area contributed by atoms with Crippen LogP contribution in [0.5, 0.6) is 0 Å². The van der Waals surface area contributed by atoms with Crippen molar-refractivity contribution in [2.24, 2.45) is 0 Å². The number of hydrogen-bond donors (Lipinski definition) is 5. The number of nitrogens with two attached hydrogens (primary N) is 3. The zero-order valence-corrected chi connectivity index (χ0v) is 22.5. The van der Waals surface area contributed by atoms with Crippen molar-refractivity contribution >= 4 is 45.3 Å². The molecule has 4 aromatic heterocycles. The summed E-state index contributed by atoms with van der Waals surface area (Å²) in [5.41, 5.74) is 20.8. The number of anilines is 3. The fourth-order valence-corrected chi connectivity index (χ4v) is 4.33. The highest BCUT2D eigenvalue weighted by Gasteiger charge is 2.14. The number of nitro benzene ring substituents is 1. The van der Waals surface area contributed by atoms with Crippen molar-refractivity contribution in [3.8, 4) is 0 Å². The lowest BCUT2D eigenvalue weighted by Crippen LogP contribution is -2.17. The van der Waals surface area contributed by atoms with E-state index in [1.807, 2.05) is 12.1 Å². The van der Waals surface area contributed by atoms with Crippen molar-refractivity contribution < 1.29 is 4.92 Å². The minimum Gasteiger partial charge on any atom is -0.399 e. The lowest BCUT2D eigenvalue weighted by atomic mass is 10.2. The van der Waals surface area contributed by atoms with Gasteiger partial charge in [0.2, 0.25) is 0 Å². The van der Waals surface area contributed by atoms with Gasteiger partial charge in [0.15, 0.2) is 22.9 Å². The van der Waals surface area contributed by atoms with Crippen LogP contribution < -0.4 is 28.6 Å². The van der Waals surface area contributed by atoms with Crippen LogP contribution in [0, 0.1) is 24.0 Å². The average Bonchev–Trinajstić information content (AvgIpc) is 3.42. The van der Waals surface area contributed by atoms with Gasteiger partial charge >= 0.3 is 11.4 Å². The summed E-state index contributed by atoms with van der Waals surface area (Å²) in [6.07, 6.45) is 0. The molecule has 16 heteroatoms. The number of benzene rings is 2. The maximum atomic E-state index is 12.1. The molecule has 0 aliphatic heterocycles. The number of aromatic amines is 2. The van der Waals surface area contributed by atoms with Gasteiger partial charge < -0.3 is 27.2 Å². The Kier molecular flexibility index (Phi) is 7.10. The second-order valence-corrected chi connectivity index (χ2v) is 9.41. The highest BCUT2D eigenvalue weighted by molar-refractivity contribution is 5.82. The van der Waals surface area contributed by atoms with E-state index in [0.29, 0.717) is 46.2 Å². The molecule has 8 N–H and O–H groups in total. The number of nitrogens with zero attached hydrogens (tertiary/aromatic N) is 7. The Hall–Kier alpha value is -6.06. The highest BCUT2D eigenvalue weighted by atomic mass is 16.6. The molecule has 6 aromatic rings. The minimum atomic E-state index is -0.473. The summed E-state index contributed by atoms with van der Waals surface area (Å²) in [7, 11) is 0. The topological polar surface area (TPSA) is 248 Å². The van der Waals surface area contributed by atoms with Gasteiger partial charge in [-0.15, -0.1) is 0 Å². The first-order valence-corrected chi connectivity index (χ1v) is 12.5. The number of nitrogens with one attached hydrogen (secondary N) is 2. The lowest BCUT2D eigenvalue weighted by Gasteiger charge is -2.04. The predicted molar refractivity (Wildman–Crippen MR) is 157 cm³/mol. The van der Waals surface area contributed by atoms with Gasteiger partial charge in [-0.1, -0.05) is 24.3 Å². The molecule has 0 unspecified atom stereocenters. The van der Waals surface area contributed by atoms with Gasteiger partial charge in [-0.05, 0) is 37.1 Å². The van der Waals surface area contributed by atoms with Gasteiger partial charge in [0.05, 0.1) is 18.0 Å². The molecule has 0 saturated heterocycles. The first-order chi connectivity index (χ1) is 20.0. The number of nitro groups is 1. The molecule has 0 aliphatic carbocycles. The van der Waals surface area contributed by atoms with Crippen LogP contribution in [0.15, 0.2) is 58.1 Å². The average molecular weight is 571 g/mol. The van der Waals surface area contributed by atoms with E-state index in [0.717, 1.165) is 11.1 Å². The van der Waals surface area contributed by atoms with E-state index in [9.17, 15) is 19.7 Å². The van der Waals surface area contributed by atoms with Crippen LogP contribution in [0.2, 0.25) is 0 Å². The Morgan fingerprint density at radius 3 is 1.52 bits per heavy atom. The normalized spacial score (nSPS) is 11.0. The molecule has 0 bridgehead atoms. The van der Waals surface area contributed by atoms with Gasteiger partial charge in [-0.3, -0.25) is 19.2 Å². The molecule has 0 saturated carbocycles. The first-order valence-electron chi connectivity index (χ1n) is 12.5. The highest BCUT2D eigenvalue weighted by Crippen LogP contribution is 2.18. The van der Waals surface area contributed by atoms with E-state index in [2.05, 4.69) is 29.9 Å². The largest absolute Gasteiger partial charge is 0.399 e. The molecule has 16 nitrogen and oxygen atoms in total. The molecule has 0 aliphatic rings. The van der Waals surface area contributed by atoms with Crippen LogP contribution in [0.25, 0.3) is 22.3 Å². The Bertz CT molecular complexity index is 2060. The van der Waals surface area contributed by atoms with Crippen molar-refractivity contribution in [2.75, 3.05) is 17.2 Å². The first kappa shape index (κ1) is 27.5. The second-order valence-electron chi connectivity index (χ2n) is 9.41. The van der Waals surface area contributed by atoms with Crippen molar-refractivity contribution in [1.82, 2.24) is 39.0 Å². The third-order valence-electron chi connectivity index (χ3n) is 6.33. The molecule has 4 heterocycles. The summed E-state index contributed by atoms with van der Waals surface area (Å²) in [6, 6.07) is 13.3. The number of H-pyrrole nitrogens is 2. The fourth-order valence-electron chi connectivity index (χ4n) is 4.33. The van der Waals surface area contributed by atoms with Crippen LogP contribution in [0.3, 0.4) is 0 Å². The van der Waals surface area contributed by atoms with Crippen molar-refractivity contribution in [3.05, 3.63) is 102 Å². The Morgan fingerprint density at radius 1 is 0.714 bits per heavy atom. The molecule has 214 valence electrons. The molecular weight excluding hydrogens is 544 g/mol. The summed E-state index contributed by atoms with van der Waals surface area (Å²) < 4.78 is 2.95. The molecular formula is C26H26N12O4. The Morgan fingerprint density at radius 2 is 1.12 bits per heavy atom. The number of nitrogen functional groups attached to an aromatic ring is 3. The van der Waals surface area contributed by atoms with Gasteiger partial charge in [-0.2, -0.15) is 0 Å². The van der Waals surface area contributed by atoms with E-state index in [-0.39, 0.29) is 35.2 Å².